The van der Waals surface area contributed by atoms with E-state index in [-0.39, 0.29) is 12.2 Å². The van der Waals surface area contributed by atoms with Gasteiger partial charge in [-0.05, 0) is 43.5 Å². The first-order chi connectivity index (χ1) is 15.7. The van der Waals surface area contributed by atoms with Crippen LogP contribution >= 0.6 is 0 Å². The van der Waals surface area contributed by atoms with Crippen molar-refractivity contribution in [2.24, 2.45) is 5.73 Å². The quantitative estimate of drug-likeness (QED) is 0.439. The van der Waals surface area contributed by atoms with Crippen molar-refractivity contribution in [2.45, 2.75) is 50.4 Å². The Balaban J connectivity index is 1.79. The van der Waals surface area contributed by atoms with Gasteiger partial charge in [0, 0.05) is 6.42 Å². The van der Waals surface area contributed by atoms with E-state index in [1.165, 1.54) is 0 Å². The van der Waals surface area contributed by atoms with Crippen LogP contribution in [-0.4, -0.2) is 55.0 Å². The number of rotatable bonds is 11. The molecule has 0 spiro atoms. The van der Waals surface area contributed by atoms with Crippen LogP contribution in [-0.2, 0) is 32.0 Å². The van der Waals surface area contributed by atoms with E-state index in [9.17, 15) is 14.4 Å². The van der Waals surface area contributed by atoms with Crippen LogP contribution in [0, 0.1) is 0 Å². The summed E-state index contributed by atoms with van der Waals surface area (Å²) in [5, 5.41) is 5.56. The first kappa shape index (κ1) is 24.4. The number of benzene rings is 2. The minimum Gasteiger partial charge on any atom is -0.497 e. The van der Waals surface area contributed by atoms with Crippen molar-refractivity contribution in [3.05, 3.63) is 65.7 Å². The topological polar surface area (TPSA) is 123 Å². The van der Waals surface area contributed by atoms with E-state index >= 15 is 0 Å². The number of ketones is 1. The van der Waals surface area contributed by atoms with E-state index in [0.717, 1.165) is 11.1 Å². The minimum atomic E-state index is -0.907. The lowest BCUT2D eigenvalue weighted by atomic mass is 9.94. The number of amides is 2. The first-order valence-electron chi connectivity index (χ1n) is 10.9. The highest BCUT2D eigenvalue weighted by atomic mass is 16.6. The van der Waals surface area contributed by atoms with Gasteiger partial charge in [-0.25, -0.2) is 0 Å². The number of nitrogens with two attached hydrogens (primary N) is 1. The smallest absolute Gasteiger partial charge is 0.243 e. The van der Waals surface area contributed by atoms with Gasteiger partial charge in [-0.2, -0.15) is 0 Å². The molecule has 1 heterocycles. The zero-order valence-corrected chi connectivity index (χ0v) is 19.2. The monoisotopic (exact) mass is 453 g/mol. The van der Waals surface area contributed by atoms with Crippen molar-refractivity contribution in [3.63, 3.8) is 0 Å². The number of hydrogen-bond acceptors (Lipinski definition) is 6. The average molecular weight is 454 g/mol. The molecule has 0 saturated carbocycles. The Labute approximate surface area is 193 Å². The highest BCUT2D eigenvalue weighted by Crippen LogP contribution is 2.29. The Morgan fingerprint density at radius 2 is 1.52 bits per heavy atom. The molecule has 1 fully saturated rings. The Bertz CT molecular complexity index is 971. The molecule has 0 bridgehead atoms. The normalized spacial score (nSPS) is 19.6. The van der Waals surface area contributed by atoms with Crippen LogP contribution in [0.2, 0.25) is 0 Å². The van der Waals surface area contributed by atoms with Gasteiger partial charge in [0.05, 0.1) is 25.8 Å². The Hall–Kier alpha value is -3.23. The fourth-order valence-electron chi connectivity index (χ4n) is 3.46. The molecule has 2 aromatic carbocycles. The van der Waals surface area contributed by atoms with Crippen molar-refractivity contribution < 1.29 is 23.9 Å². The van der Waals surface area contributed by atoms with Crippen LogP contribution in [0.4, 0.5) is 0 Å². The molecular weight excluding hydrogens is 422 g/mol. The van der Waals surface area contributed by atoms with Gasteiger partial charge >= 0.3 is 0 Å². The fourth-order valence-corrected chi connectivity index (χ4v) is 3.46. The molecule has 33 heavy (non-hydrogen) atoms. The third kappa shape index (κ3) is 6.63. The molecule has 4 N–H and O–H groups in total. The summed E-state index contributed by atoms with van der Waals surface area (Å²) < 4.78 is 10.5. The summed E-state index contributed by atoms with van der Waals surface area (Å²) >= 11 is 0. The van der Waals surface area contributed by atoms with Gasteiger partial charge in [0.2, 0.25) is 11.8 Å². The number of epoxide rings is 1. The number of Topliss-reactive ketones (excluding diaryl/α,β-unsaturated/α-hetero) is 1. The van der Waals surface area contributed by atoms with E-state index < -0.39 is 35.5 Å². The van der Waals surface area contributed by atoms with Crippen molar-refractivity contribution in [2.75, 3.05) is 13.7 Å². The van der Waals surface area contributed by atoms with Crippen LogP contribution in [0.5, 0.6) is 5.75 Å². The Morgan fingerprint density at radius 3 is 2.06 bits per heavy atom. The molecular formula is C25H31N3O5. The maximum Gasteiger partial charge on any atom is 0.243 e. The molecule has 8 heteroatoms. The lowest BCUT2D eigenvalue weighted by molar-refractivity contribution is -0.133. The zero-order valence-electron chi connectivity index (χ0n) is 19.2. The summed E-state index contributed by atoms with van der Waals surface area (Å²) in [5.74, 6) is -0.419. The van der Waals surface area contributed by atoms with Gasteiger partial charge in [0.25, 0.3) is 0 Å². The predicted octanol–water partition coefficient (Wildman–Crippen LogP) is 1.16. The van der Waals surface area contributed by atoms with Gasteiger partial charge in [-0.3, -0.25) is 14.4 Å². The highest BCUT2D eigenvalue weighted by molar-refractivity contribution is 5.98. The summed E-state index contributed by atoms with van der Waals surface area (Å²) in [6.07, 6.45) is 0.551. The van der Waals surface area contributed by atoms with E-state index in [1.54, 1.807) is 33.1 Å². The molecule has 4 unspecified atom stereocenters. The van der Waals surface area contributed by atoms with Crippen LogP contribution < -0.4 is 21.1 Å². The van der Waals surface area contributed by atoms with Crippen LogP contribution in [0.1, 0.15) is 25.0 Å². The molecule has 176 valence electrons. The van der Waals surface area contributed by atoms with Gasteiger partial charge < -0.3 is 25.8 Å². The van der Waals surface area contributed by atoms with Gasteiger partial charge in [0.1, 0.15) is 17.4 Å². The second-order valence-corrected chi connectivity index (χ2v) is 8.54. The van der Waals surface area contributed by atoms with E-state index in [4.69, 9.17) is 15.2 Å². The number of carbonyl (C=O) groups excluding carboxylic acids is 3. The molecule has 3 rings (SSSR count). The van der Waals surface area contributed by atoms with Crippen molar-refractivity contribution in [1.82, 2.24) is 10.6 Å². The van der Waals surface area contributed by atoms with Gasteiger partial charge in [-0.1, -0.05) is 42.5 Å². The minimum absolute atomic E-state index is 0.193. The molecule has 1 aliphatic heterocycles. The van der Waals surface area contributed by atoms with Crippen LogP contribution in [0.3, 0.4) is 0 Å². The lowest BCUT2D eigenvalue weighted by Gasteiger charge is -2.25. The molecule has 2 amide bonds. The Kier molecular flexibility index (Phi) is 7.84. The van der Waals surface area contributed by atoms with Crippen molar-refractivity contribution in [3.8, 4) is 5.75 Å². The maximum absolute atomic E-state index is 13.3. The SMILES string of the molecule is COc1ccc(CC(NC(=O)C(C)N)C(=O)NC(Cc2ccccc2)C(=O)C2(C)CO2)cc1. The maximum atomic E-state index is 13.3. The standard InChI is InChI=1S/C25H31N3O5/c1-16(26)23(30)28-21(14-18-9-11-19(32-3)12-10-18)24(31)27-20(22(29)25(2)15-33-25)13-17-7-5-4-6-8-17/h4-12,16,20-21H,13-15,26H2,1-3H3,(H,27,31)(H,28,30). The average Bonchev–Trinajstić information content (AvgIpc) is 3.57. The summed E-state index contributed by atoms with van der Waals surface area (Å²) in [5.41, 5.74) is 6.54. The molecule has 4 atom stereocenters. The molecule has 1 aliphatic rings. The van der Waals surface area contributed by atoms with Crippen LogP contribution in [0.15, 0.2) is 54.6 Å². The van der Waals surface area contributed by atoms with Gasteiger partial charge in [0.15, 0.2) is 5.78 Å². The third-order valence-corrected chi connectivity index (χ3v) is 5.66. The summed E-state index contributed by atoms with van der Waals surface area (Å²) in [4.78, 5) is 38.7. The second kappa shape index (κ2) is 10.6. The number of nitrogens with one attached hydrogen (secondary N) is 2. The summed E-state index contributed by atoms with van der Waals surface area (Å²) in [7, 11) is 1.57. The number of hydrogen-bond donors (Lipinski definition) is 3. The largest absolute Gasteiger partial charge is 0.497 e. The lowest BCUT2D eigenvalue weighted by Crippen LogP contribution is -2.56. The zero-order chi connectivity index (χ0) is 24.0. The van der Waals surface area contributed by atoms with E-state index in [0.29, 0.717) is 18.8 Å². The molecule has 2 aromatic rings. The number of ether oxygens (including phenoxy) is 2. The first-order valence-corrected chi connectivity index (χ1v) is 10.9. The van der Waals surface area contributed by atoms with E-state index in [1.807, 2.05) is 42.5 Å². The molecule has 0 aromatic heterocycles. The molecule has 1 saturated heterocycles. The predicted molar refractivity (Wildman–Crippen MR) is 124 cm³/mol. The summed E-state index contributed by atoms with van der Waals surface area (Å²) in [6, 6.07) is 14.2. The van der Waals surface area contributed by atoms with Gasteiger partial charge in [-0.15, -0.1) is 0 Å². The fraction of sp³-hybridized carbons (Fsp3) is 0.400. The molecule has 0 aliphatic carbocycles. The molecule has 0 radical (unpaired) electrons. The van der Waals surface area contributed by atoms with Crippen molar-refractivity contribution >= 4 is 17.6 Å². The summed E-state index contributed by atoms with van der Waals surface area (Å²) in [6.45, 7) is 3.58. The van der Waals surface area contributed by atoms with Crippen molar-refractivity contribution in [1.29, 1.82) is 0 Å². The molecule has 8 nitrogen and oxygen atoms in total. The van der Waals surface area contributed by atoms with Crippen LogP contribution in [0.25, 0.3) is 0 Å². The number of carbonyl (C=O) groups is 3. The third-order valence-electron chi connectivity index (χ3n) is 5.66. The second-order valence-electron chi connectivity index (χ2n) is 8.54. The van der Waals surface area contributed by atoms with E-state index in [2.05, 4.69) is 10.6 Å². The Morgan fingerprint density at radius 1 is 0.970 bits per heavy atom. The highest BCUT2D eigenvalue weighted by Gasteiger charge is 2.50. The number of methoxy groups -OCH3 is 1.